The van der Waals surface area contributed by atoms with Crippen molar-refractivity contribution in [3.05, 3.63) is 42.1 Å². The fourth-order valence-corrected chi connectivity index (χ4v) is 3.23. The summed E-state index contributed by atoms with van der Waals surface area (Å²) < 4.78 is 13.2. The van der Waals surface area contributed by atoms with Gasteiger partial charge in [-0.05, 0) is 18.2 Å². The third-order valence-corrected chi connectivity index (χ3v) is 4.17. The first-order valence-corrected chi connectivity index (χ1v) is 6.81. The van der Waals surface area contributed by atoms with Gasteiger partial charge in [-0.15, -0.1) is 0 Å². The van der Waals surface area contributed by atoms with Gasteiger partial charge in [0.05, 0.1) is 25.0 Å². The van der Waals surface area contributed by atoms with Crippen LogP contribution >= 0.6 is 0 Å². The number of para-hydroxylation sites is 1. The Hall–Kier alpha value is -1.81. The molecule has 0 aliphatic carbocycles. The van der Waals surface area contributed by atoms with Crippen LogP contribution in [0, 0.1) is 0 Å². The molecule has 0 spiro atoms. The van der Waals surface area contributed by atoms with Gasteiger partial charge in [0.2, 0.25) is 5.52 Å². The van der Waals surface area contributed by atoms with Crippen LogP contribution in [0.3, 0.4) is 0 Å². The molecule has 0 bridgehead atoms. The van der Waals surface area contributed by atoms with Gasteiger partial charge >= 0.3 is 0 Å². The molecule has 0 radical (unpaired) electrons. The van der Waals surface area contributed by atoms with Crippen LogP contribution in [0.2, 0.25) is 0 Å². The number of aromatic nitrogens is 1. The second-order valence-electron chi connectivity index (χ2n) is 5.18. The van der Waals surface area contributed by atoms with Gasteiger partial charge in [0.1, 0.15) is 0 Å². The number of fused-ring (bicyclic) bond motifs is 2. The first kappa shape index (κ1) is 14.1. The molecular weight excluding hydrogens is 330 g/mol. The van der Waals surface area contributed by atoms with Crippen LogP contribution in [-0.4, -0.2) is 14.2 Å². The van der Waals surface area contributed by atoms with Crippen LogP contribution in [0.5, 0.6) is 11.5 Å². The van der Waals surface area contributed by atoms with Crippen molar-refractivity contribution >= 4 is 21.7 Å². The van der Waals surface area contributed by atoms with Gasteiger partial charge in [0.15, 0.2) is 24.2 Å². The highest BCUT2D eigenvalue weighted by atomic mass is 79.9. The molecule has 0 N–H and O–H groups in total. The van der Waals surface area contributed by atoms with Crippen molar-refractivity contribution in [1.29, 1.82) is 0 Å². The minimum atomic E-state index is 0. The highest BCUT2D eigenvalue weighted by Crippen LogP contribution is 2.35. The van der Waals surface area contributed by atoms with Crippen LogP contribution in [0.15, 0.2) is 36.5 Å². The maximum absolute atomic E-state index is 5.44. The van der Waals surface area contributed by atoms with Crippen molar-refractivity contribution in [1.82, 2.24) is 0 Å². The zero-order valence-electron chi connectivity index (χ0n) is 12.0. The third-order valence-electron chi connectivity index (χ3n) is 4.17. The highest BCUT2D eigenvalue weighted by molar-refractivity contribution is 6.06. The van der Waals surface area contributed by atoms with E-state index in [-0.39, 0.29) is 17.0 Å². The van der Waals surface area contributed by atoms with Crippen LogP contribution in [0.1, 0.15) is 5.56 Å². The van der Waals surface area contributed by atoms with Gasteiger partial charge in [-0.2, -0.15) is 4.57 Å². The van der Waals surface area contributed by atoms with Crippen LogP contribution < -0.4 is 31.0 Å². The lowest BCUT2D eigenvalue weighted by molar-refractivity contribution is -0.662. The number of hydrogen-bond donors (Lipinski definition) is 0. The standard InChI is InChI=1S/C17H16NO2.BrH/c1-19-15-8-12-10-18-7-6-11-4-3-5-13(17(11)18)14(12)9-16(15)20-2;/h3-5,8-10H,6-7H2,1-2H3;1H/q+1;/p-1. The minimum Gasteiger partial charge on any atom is -1.00 e. The topological polar surface area (TPSA) is 22.3 Å². The van der Waals surface area contributed by atoms with Crippen molar-refractivity contribution in [2.24, 2.45) is 0 Å². The van der Waals surface area contributed by atoms with E-state index in [1.165, 1.54) is 27.2 Å². The fraction of sp³-hybridized carbons (Fsp3) is 0.235. The van der Waals surface area contributed by atoms with E-state index >= 15 is 0 Å². The van der Waals surface area contributed by atoms with Crippen molar-refractivity contribution in [3.8, 4) is 11.5 Å². The molecule has 0 amide bonds. The summed E-state index contributed by atoms with van der Waals surface area (Å²) in [7, 11) is 3.35. The summed E-state index contributed by atoms with van der Waals surface area (Å²) in [4.78, 5) is 0. The second-order valence-corrected chi connectivity index (χ2v) is 5.18. The Balaban J connectivity index is 0.00000132. The fourth-order valence-electron chi connectivity index (χ4n) is 3.23. The van der Waals surface area contributed by atoms with Gasteiger partial charge < -0.3 is 26.5 Å². The van der Waals surface area contributed by atoms with Crippen molar-refractivity contribution in [2.75, 3.05) is 14.2 Å². The molecule has 0 fully saturated rings. The SMILES string of the molecule is COc1cc2c[n+]3c4c(cccc4c2cc1OC)CC3.[Br-]. The number of aryl methyl sites for hydroxylation is 2. The molecule has 2 heterocycles. The Kier molecular flexibility index (Phi) is 3.49. The largest absolute Gasteiger partial charge is 1.00 e. The molecule has 0 saturated carbocycles. The number of pyridine rings is 1. The Morgan fingerprint density at radius 1 is 1.00 bits per heavy atom. The Morgan fingerprint density at radius 3 is 2.52 bits per heavy atom. The first-order valence-electron chi connectivity index (χ1n) is 6.81. The average Bonchev–Trinajstić information content (AvgIpc) is 2.91. The quantitative estimate of drug-likeness (QED) is 0.476. The van der Waals surface area contributed by atoms with Gasteiger partial charge in [0, 0.05) is 17.4 Å². The van der Waals surface area contributed by atoms with E-state index in [9.17, 15) is 0 Å². The Morgan fingerprint density at radius 2 is 1.76 bits per heavy atom. The highest BCUT2D eigenvalue weighted by Gasteiger charge is 2.24. The number of ether oxygens (including phenoxy) is 2. The lowest BCUT2D eigenvalue weighted by Crippen LogP contribution is -3.00. The Labute approximate surface area is 133 Å². The number of hydrogen-bond acceptors (Lipinski definition) is 2. The summed E-state index contributed by atoms with van der Waals surface area (Å²) in [5.74, 6) is 1.56. The summed E-state index contributed by atoms with van der Waals surface area (Å²) >= 11 is 0. The maximum Gasteiger partial charge on any atom is 0.216 e. The summed E-state index contributed by atoms with van der Waals surface area (Å²) in [5.41, 5.74) is 2.78. The minimum absolute atomic E-state index is 0. The molecule has 1 aromatic heterocycles. The van der Waals surface area contributed by atoms with Gasteiger partial charge in [-0.1, -0.05) is 12.1 Å². The maximum atomic E-state index is 5.44. The molecule has 1 aliphatic rings. The summed E-state index contributed by atoms with van der Waals surface area (Å²) in [6, 6.07) is 10.7. The zero-order chi connectivity index (χ0) is 13.7. The van der Waals surface area contributed by atoms with Crippen LogP contribution in [0.25, 0.3) is 21.7 Å². The molecular formula is C17H16BrNO2. The number of benzene rings is 2. The number of halogens is 1. The van der Waals surface area contributed by atoms with Crippen LogP contribution in [-0.2, 0) is 13.0 Å². The molecule has 1 aliphatic heterocycles. The van der Waals surface area contributed by atoms with E-state index in [0.717, 1.165) is 24.5 Å². The van der Waals surface area contributed by atoms with Gasteiger partial charge in [-0.3, -0.25) is 0 Å². The molecule has 2 aromatic carbocycles. The van der Waals surface area contributed by atoms with Crippen molar-refractivity contribution in [3.63, 3.8) is 0 Å². The van der Waals surface area contributed by atoms with E-state index in [0.29, 0.717) is 0 Å². The average molecular weight is 346 g/mol. The smallest absolute Gasteiger partial charge is 0.216 e. The second kappa shape index (κ2) is 5.19. The molecule has 0 saturated heterocycles. The lowest BCUT2D eigenvalue weighted by Gasteiger charge is -2.09. The summed E-state index contributed by atoms with van der Waals surface area (Å²) in [6.45, 7) is 1.06. The van der Waals surface area contributed by atoms with Crippen LogP contribution in [0.4, 0.5) is 0 Å². The van der Waals surface area contributed by atoms with E-state index in [1.54, 1.807) is 14.2 Å². The lowest BCUT2D eigenvalue weighted by atomic mass is 10.0. The molecule has 3 nitrogen and oxygen atoms in total. The van der Waals surface area contributed by atoms with E-state index in [2.05, 4.69) is 41.1 Å². The third kappa shape index (κ3) is 1.97. The molecule has 0 atom stereocenters. The molecule has 0 unspecified atom stereocenters. The van der Waals surface area contributed by atoms with E-state index < -0.39 is 0 Å². The normalized spacial score (nSPS) is 12.5. The molecule has 108 valence electrons. The van der Waals surface area contributed by atoms with E-state index in [4.69, 9.17) is 9.47 Å². The first-order chi connectivity index (χ1) is 9.81. The zero-order valence-corrected chi connectivity index (χ0v) is 13.6. The van der Waals surface area contributed by atoms with Gasteiger partial charge in [-0.25, -0.2) is 0 Å². The number of methoxy groups -OCH3 is 2. The molecule has 3 aromatic rings. The number of rotatable bonds is 2. The molecule has 21 heavy (non-hydrogen) atoms. The monoisotopic (exact) mass is 345 g/mol. The van der Waals surface area contributed by atoms with Gasteiger partial charge in [0.25, 0.3) is 0 Å². The Bertz CT molecular complexity index is 845. The predicted molar refractivity (Wildman–Crippen MR) is 78.5 cm³/mol. The van der Waals surface area contributed by atoms with E-state index in [1.807, 2.05) is 0 Å². The molecule has 4 heteroatoms. The van der Waals surface area contributed by atoms with Crippen molar-refractivity contribution in [2.45, 2.75) is 13.0 Å². The molecule has 4 rings (SSSR count). The number of nitrogens with zero attached hydrogens (tertiary/aromatic N) is 1. The summed E-state index contributed by atoms with van der Waals surface area (Å²) in [6.07, 6.45) is 3.33. The predicted octanol–water partition coefficient (Wildman–Crippen LogP) is -0.142. The summed E-state index contributed by atoms with van der Waals surface area (Å²) in [5, 5.41) is 3.70. The van der Waals surface area contributed by atoms with Crippen molar-refractivity contribution < 1.29 is 31.0 Å².